The van der Waals surface area contributed by atoms with E-state index in [1.165, 1.54) is 11.3 Å². The number of fused-ring (bicyclic) bond motifs is 1. The monoisotopic (exact) mass is 471 g/mol. The van der Waals surface area contributed by atoms with Crippen LogP contribution in [0.5, 0.6) is 0 Å². The van der Waals surface area contributed by atoms with Crippen LogP contribution in [0.1, 0.15) is 32.2 Å². The third kappa shape index (κ3) is 6.22. The molecule has 3 aromatic rings. The maximum absolute atomic E-state index is 12.8. The number of aromatic amines is 1. The fraction of sp³-hybridized carbons (Fsp3) is 0.364. The summed E-state index contributed by atoms with van der Waals surface area (Å²) in [6.45, 7) is 5.63. The first-order valence-corrected chi connectivity index (χ1v) is 11.3. The zero-order chi connectivity index (χ0) is 24.0. The SMILES string of the molecule is CCOC(=O)Cc1csc(NC(=O)C(NC(=O)Cc2n[nH]c(=O)c3ccccc23)C(C)C)n1. The van der Waals surface area contributed by atoms with E-state index in [2.05, 4.69) is 25.8 Å². The second kappa shape index (κ2) is 10.8. The first-order valence-electron chi connectivity index (χ1n) is 10.4. The van der Waals surface area contributed by atoms with Gasteiger partial charge in [0.15, 0.2) is 5.13 Å². The Morgan fingerprint density at radius 2 is 1.88 bits per heavy atom. The van der Waals surface area contributed by atoms with E-state index in [1.54, 1.807) is 36.6 Å². The predicted molar refractivity (Wildman–Crippen MR) is 124 cm³/mol. The molecule has 3 N–H and O–H groups in total. The number of carbonyl (C=O) groups excluding carboxylic acids is 3. The summed E-state index contributed by atoms with van der Waals surface area (Å²) in [5, 5.41) is 14.9. The van der Waals surface area contributed by atoms with Crippen LogP contribution < -0.4 is 16.2 Å². The summed E-state index contributed by atoms with van der Waals surface area (Å²) in [4.78, 5) is 53.3. The normalized spacial score (nSPS) is 11.9. The second-order valence-electron chi connectivity index (χ2n) is 7.63. The minimum Gasteiger partial charge on any atom is -0.466 e. The van der Waals surface area contributed by atoms with Gasteiger partial charge in [0.2, 0.25) is 11.8 Å². The van der Waals surface area contributed by atoms with Crippen LogP contribution in [0.2, 0.25) is 0 Å². The molecule has 0 saturated carbocycles. The van der Waals surface area contributed by atoms with Crippen LogP contribution in [-0.4, -0.2) is 45.6 Å². The third-order valence-electron chi connectivity index (χ3n) is 4.78. The summed E-state index contributed by atoms with van der Waals surface area (Å²) in [7, 11) is 0. The topological polar surface area (TPSA) is 143 Å². The molecule has 0 radical (unpaired) electrons. The van der Waals surface area contributed by atoms with E-state index in [-0.39, 0.29) is 30.9 Å². The number of hydrogen-bond acceptors (Lipinski definition) is 8. The van der Waals surface area contributed by atoms with Crippen LogP contribution in [0.15, 0.2) is 34.4 Å². The minimum atomic E-state index is -0.816. The Kier molecular flexibility index (Phi) is 7.88. The van der Waals surface area contributed by atoms with Crippen molar-refractivity contribution in [2.24, 2.45) is 5.92 Å². The third-order valence-corrected chi connectivity index (χ3v) is 5.59. The molecule has 0 bridgehead atoms. The molecular formula is C22H25N5O5S. The number of amides is 2. The van der Waals surface area contributed by atoms with E-state index in [1.807, 2.05) is 13.8 Å². The lowest BCUT2D eigenvalue weighted by atomic mass is 10.0. The smallest absolute Gasteiger partial charge is 0.311 e. The van der Waals surface area contributed by atoms with Crippen LogP contribution in [0.4, 0.5) is 5.13 Å². The molecule has 0 aliphatic heterocycles. The summed E-state index contributed by atoms with van der Waals surface area (Å²) in [5.41, 5.74) is 0.573. The molecule has 10 nitrogen and oxygen atoms in total. The number of ether oxygens (including phenoxy) is 1. The number of esters is 1. The Hall–Kier alpha value is -3.60. The van der Waals surface area contributed by atoms with E-state index in [9.17, 15) is 19.2 Å². The maximum Gasteiger partial charge on any atom is 0.311 e. The second-order valence-corrected chi connectivity index (χ2v) is 8.48. The summed E-state index contributed by atoms with van der Waals surface area (Å²) in [6, 6.07) is 6.06. The molecule has 3 rings (SSSR count). The Bertz CT molecular complexity index is 1220. The molecule has 1 unspecified atom stereocenters. The molecule has 0 fully saturated rings. The van der Waals surface area contributed by atoms with Crippen molar-refractivity contribution < 1.29 is 19.1 Å². The largest absolute Gasteiger partial charge is 0.466 e. The van der Waals surface area contributed by atoms with Gasteiger partial charge in [-0.1, -0.05) is 32.0 Å². The van der Waals surface area contributed by atoms with Gasteiger partial charge in [-0.3, -0.25) is 19.2 Å². The number of benzene rings is 1. The van der Waals surface area contributed by atoms with E-state index in [0.29, 0.717) is 27.3 Å². The van der Waals surface area contributed by atoms with Crippen LogP contribution in [0, 0.1) is 5.92 Å². The zero-order valence-corrected chi connectivity index (χ0v) is 19.3. The molecule has 1 aromatic carbocycles. The van der Waals surface area contributed by atoms with Crippen molar-refractivity contribution in [3.63, 3.8) is 0 Å². The van der Waals surface area contributed by atoms with Crippen molar-refractivity contribution in [1.29, 1.82) is 0 Å². The minimum absolute atomic E-state index is 0.0185. The Balaban J connectivity index is 1.66. The lowest BCUT2D eigenvalue weighted by molar-refractivity contribution is -0.142. The molecule has 2 heterocycles. The predicted octanol–water partition coefficient (Wildman–Crippen LogP) is 1.81. The Morgan fingerprint density at radius 3 is 2.58 bits per heavy atom. The van der Waals surface area contributed by atoms with Crippen LogP contribution >= 0.6 is 11.3 Å². The lowest BCUT2D eigenvalue weighted by Crippen LogP contribution is -2.47. The summed E-state index contributed by atoms with van der Waals surface area (Å²) < 4.78 is 4.90. The van der Waals surface area contributed by atoms with Gasteiger partial charge in [0, 0.05) is 10.8 Å². The van der Waals surface area contributed by atoms with Gasteiger partial charge in [0.1, 0.15) is 6.04 Å². The Morgan fingerprint density at radius 1 is 1.15 bits per heavy atom. The molecule has 2 aromatic heterocycles. The number of H-pyrrole nitrogens is 1. The summed E-state index contributed by atoms with van der Waals surface area (Å²) >= 11 is 1.18. The quantitative estimate of drug-likeness (QED) is 0.404. The zero-order valence-electron chi connectivity index (χ0n) is 18.5. The van der Waals surface area contributed by atoms with Crippen molar-refractivity contribution in [3.8, 4) is 0 Å². The Labute approximate surface area is 193 Å². The van der Waals surface area contributed by atoms with Gasteiger partial charge in [0.05, 0.1) is 36.2 Å². The van der Waals surface area contributed by atoms with E-state index < -0.39 is 23.8 Å². The number of rotatable bonds is 9. The number of anilines is 1. The first kappa shape index (κ1) is 24.1. The van der Waals surface area contributed by atoms with Crippen molar-refractivity contribution in [3.05, 3.63) is 51.4 Å². The van der Waals surface area contributed by atoms with Gasteiger partial charge < -0.3 is 15.4 Å². The number of thiazole rings is 1. The van der Waals surface area contributed by atoms with Crippen LogP contribution in [0.25, 0.3) is 10.8 Å². The molecule has 11 heteroatoms. The van der Waals surface area contributed by atoms with Crippen LogP contribution in [0.3, 0.4) is 0 Å². The molecule has 0 aliphatic carbocycles. The van der Waals surface area contributed by atoms with Gasteiger partial charge in [-0.2, -0.15) is 5.10 Å². The number of nitrogens with one attached hydrogen (secondary N) is 3. The highest BCUT2D eigenvalue weighted by Gasteiger charge is 2.25. The summed E-state index contributed by atoms with van der Waals surface area (Å²) in [6.07, 6.45) is -0.0839. The molecule has 33 heavy (non-hydrogen) atoms. The van der Waals surface area contributed by atoms with Gasteiger partial charge >= 0.3 is 5.97 Å². The molecule has 0 aliphatic rings. The average Bonchev–Trinajstić information content (AvgIpc) is 3.20. The standard InChI is InChI=1S/C22H25N5O5S/c1-4-32-18(29)9-13-11-33-22(23-13)25-21(31)19(12(2)3)24-17(28)10-16-14-7-5-6-8-15(14)20(30)27-26-16/h5-8,11-12,19H,4,9-10H2,1-3H3,(H,24,28)(H,27,30)(H,23,25,31). The molecule has 0 spiro atoms. The molecule has 1 atom stereocenters. The fourth-order valence-electron chi connectivity index (χ4n) is 3.21. The fourth-order valence-corrected chi connectivity index (χ4v) is 3.92. The first-order chi connectivity index (χ1) is 15.8. The van der Waals surface area contributed by atoms with Crippen molar-refractivity contribution in [1.82, 2.24) is 20.5 Å². The average molecular weight is 472 g/mol. The lowest BCUT2D eigenvalue weighted by Gasteiger charge is -2.21. The maximum atomic E-state index is 12.8. The van der Waals surface area contributed by atoms with Crippen molar-refractivity contribution in [2.45, 2.75) is 39.7 Å². The number of nitrogens with zero attached hydrogens (tertiary/aromatic N) is 2. The summed E-state index contributed by atoms with van der Waals surface area (Å²) in [5.74, 6) is -1.42. The van der Waals surface area contributed by atoms with Crippen molar-refractivity contribution >= 4 is 45.0 Å². The highest BCUT2D eigenvalue weighted by atomic mass is 32.1. The number of aromatic nitrogens is 3. The van der Waals surface area contributed by atoms with E-state index >= 15 is 0 Å². The highest BCUT2D eigenvalue weighted by Crippen LogP contribution is 2.18. The molecule has 0 saturated heterocycles. The van der Waals surface area contributed by atoms with Crippen molar-refractivity contribution in [2.75, 3.05) is 11.9 Å². The van der Waals surface area contributed by atoms with Gasteiger partial charge in [-0.15, -0.1) is 11.3 Å². The van der Waals surface area contributed by atoms with E-state index in [4.69, 9.17) is 4.74 Å². The van der Waals surface area contributed by atoms with Gasteiger partial charge in [-0.25, -0.2) is 10.1 Å². The number of carbonyl (C=O) groups is 3. The highest BCUT2D eigenvalue weighted by molar-refractivity contribution is 7.13. The van der Waals surface area contributed by atoms with Crippen LogP contribution in [-0.2, 0) is 32.0 Å². The molecule has 2 amide bonds. The molecule has 174 valence electrons. The van der Waals surface area contributed by atoms with E-state index in [0.717, 1.165) is 0 Å². The molecular weight excluding hydrogens is 446 g/mol. The van der Waals surface area contributed by atoms with Gasteiger partial charge in [0.25, 0.3) is 5.56 Å². The number of hydrogen-bond donors (Lipinski definition) is 3. The van der Waals surface area contributed by atoms with Gasteiger partial charge in [-0.05, 0) is 18.9 Å².